The Morgan fingerprint density at radius 2 is 1.91 bits per heavy atom. The summed E-state index contributed by atoms with van der Waals surface area (Å²) in [6, 6.07) is 0. The molecule has 62 valence electrons. The molecule has 0 N–H and O–H groups in total. The molecule has 0 atom stereocenters. The van der Waals surface area contributed by atoms with Gasteiger partial charge in [-0.25, -0.2) is 0 Å². The summed E-state index contributed by atoms with van der Waals surface area (Å²) >= 11 is 0. The zero-order valence-corrected chi connectivity index (χ0v) is 7.89. The summed E-state index contributed by atoms with van der Waals surface area (Å²) in [4.78, 5) is 3.61. The topological polar surface area (TPSA) is 12.4 Å². The van der Waals surface area contributed by atoms with E-state index in [-0.39, 0.29) is 5.41 Å². The Kier molecular flexibility index (Phi) is 3.80. The van der Waals surface area contributed by atoms with Crippen molar-refractivity contribution < 1.29 is 0 Å². The first-order valence-corrected chi connectivity index (χ1v) is 3.78. The van der Waals surface area contributed by atoms with Crippen molar-refractivity contribution in [3.05, 3.63) is 23.9 Å². The second-order valence-electron chi connectivity index (χ2n) is 3.62. The summed E-state index contributed by atoms with van der Waals surface area (Å²) in [5.74, 6) is 0. The smallest absolute Gasteiger partial charge is 0.0260 e. The number of rotatable bonds is 2. The van der Waals surface area contributed by atoms with Crippen LogP contribution in [0.4, 0.5) is 0 Å². The Labute approximate surface area is 69.5 Å². The normalized spacial score (nSPS) is 14.0. The van der Waals surface area contributed by atoms with E-state index < -0.39 is 0 Å². The molecule has 0 aromatic rings. The fraction of sp³-hybridized carbons (Fsp3) is 0.500. The molecule has 0 fully saturated rings. The van der Waals surface area contributed by atoms with E-state index in [1.165, 1.54) is 5.57 Å². The third kappa shape index (κ3) is 4.54. The average Bonchev–Trinajstić information content (AvgIpc) is 1.86. The van der Waals surface area contributed by atoms with Gasteiger partial charge in [0.2, 0.25) is 0 Å². The van der Waals surface area contributed by atoms with Gasteiger partial charge in [0.05, 0.1) is 0 Å². The Bertz CT molecular complexity index is 180. The zero-order valence-electron chi connectivity index (χ0n) is 7.89. The molecule has 1 nitrogen and oxygen atoms in total. The molecule has 0 radical (unpaired) electrons. The number of allylic oxidation sites excluding steroid dienone is 3. The van der Waals surface area contributed by atoms with Crippen LogP contribution in [0.2, 0.25) is 0 Å². The SMILES string of the molecule is C=N/C=C\C=C(/C)C(C)(C)C. The highest BCUT2D eigenvalue weighted by Gasteiger charge is 2.10. The van der Waals surface area contributed by atoms with Gasteiger partial charge in [0.25, 0.3) is 0 Å². The van der Waals surface area contributed by atoms with E-state index in [1.807, 2.05) is 6.08 Å². The fourth-order valence-corrected chi connectivity index (χ4v) is 0.498. The van der Waals surface area contributed by atoms with E-state index >= 15 is 0 Å². The highest BCUT2D eigenvalue weighted by molar-refractivity contribution is 5.26. The molecule has 0 saturated heterocycles. The predicted octanol–water partition coefficient (Wildman–Crippen LogP) is 3.19. The average molecular weight is 151 g/mol. The van der Waals surface area contributed by atoms with Gasteiger partial charge in [0.1, 0.15) is 0 Å². The van der Waals surface area contributed by atoms with Crippen molar-refractivity contribution in [2.24, 2.45) is 10.4 Å². The van der Waals surface area contributed by atoms with Crippen LogP contribution < -0.4 is 0 Å². The van der Waals surface area contributed by atoms with Crippen molar-refractivity contribution in [3.63, 3.8) is 0 Å². The summed E-state index contributed by atoms with van der Waals surface area (Å²) in [6.45, 7) is 12.0. The van der Waals surface area contributed by atoms with Crippen molar-refractivity contribution in [1.82, 2.24) is 0 Å². The molecule has 0 aliphatic rings. The lowest BCUT2D eigenvalue weighted by atomic mass is 9.87. The molecule has 0 aromatic heterocycles. The van der Waals surface area contributed by atoms with Crippen LogP contribution in [0.25, 0.3) is 0 Å². The Morgan fingerprint density at radius 3 is 2.27 bits per heavy atom. The van der Waals surface area contributed by atoms with Crippen LogP contribution >= 0.6 is 0 Å². The molecule has 0 spiro atoms. The van der Waals surface area contributed by atoms with Crippen molar-refractivity contribution in [3.8, 4) is 0 Å². The Hall–Kier alpha value is -0.850. The minimum absolute atomic E-state index is 0.255. The van der Waals surface area contributed by atoms with Gasteiger partial charge in [-0.2, -0.15) is 0 Å². The first-order chi connectivity index (χ1) is 4.98. The lowest BCUT2D eigenvalue weighted by molar-refractivity contribution is 0.504. The van der Waals surface area contributed by atoms with Gasteiger partial charge in [0, 0.05) is 6.20 Å². The highest BCUT2D eigenvalue weighted by atomic mass is 14.6. The van der Waals surface area contributed by atoms with Gasteiger partial charge >= 0.3 is 0 Å². The molecule has 0 aromatic carbocycles. The van der Waals surface area contributed by atoms with E-state index in [9.17, 15) is 0 Å². The van der Waals surface area contributed by atoms with E-state index in [4.69, 9.17) is 0 Å². The first-order valence-electron chi connectivity index (χ1n) is 3.78. The molecule has 0 saturated carbocycles. The van der Waals surface area contributed by atoms with Crippen molar-refractivity contribution in [1.29, 1.82) is 0 Å². The minimum Gasteiger partial charge on any atom is -0.273 e. The molecule has 1 heteroatoms. The van der Waals surface area contributed by atoms with Gasteiger partial charge in [0.15, 0.2) is 0 Å². The number of hydrogen-bond acceptors (Lipinski definition) is 1. The zero-order chi connectivity index (χ0) is 8.91. The lowest BCUT2D eigenvalue weighted by Gasteiger charge is -2.18. The predicted molar refractivity (Wildman–Crippen MR) is 51.9 cm³/mol. The van der Waals surface area contributed by atoms with Gasteiger partial charge in [-0.3, -0.25) is 4.99 Å². The second-order valence-corrected chi connectivity index (χ2v) is 3.62. The van der Waals surface area contributed by atoms with Crippen molar-refractivity contribution in [2.45, 2.75) is 27.7 Å². The van der Waals surface area contributed by atoms with E-state index in [0.717, 1.165) is 0 Å². The summed E-state index contributed by atoms with van der Waals surface area (Å²) in [5, 5.41) is 0. The lowest BCUT2D eigenvalue weighted by Crippen LogP contribution is -2.05. The third-order valence-electron chi connectivity index (χ3n) is 1.72. The third-order valence-corrected chi connectivity index (χ3v) is 1.72. The van der Waals surface area contributed by atoms with Crippen LogP contribution in [-0.2, 0) is 0 Å². The number of aliphatic imine (C=N–C) groups is 1. The summed E-state index contributed by atoms with van der Waals surface area (Å²) in [5.41, 5.74) is 1.60. The van der Waals surface area contributed by atoms with Gasteiger partial charge in [-0.15, -0.1) is 0 Å². The molecule has 0 rings (SSSR count). The van der Waals surface area contributed by atoms with Crippen LogP contribution in [0.15, 0.2) is 28.9 Å². The Morgan fingerprint density at radius 1 is 1.36 bits per heavy atom. The van der Waals surface area contributed by atoms with Crippen LogP contribution in [0.1, 0.15) is 27.7 Å². The maximum absolute atomic E-state index is 3.61. The highest BCUT2D eigenvalue weighted by Crippen LogP contribution is 2.23. The van der Waals surface area contributed by atoms with E-state index in [0.29, 0.717) is 0 Å². The van der Waals surface area contributed by atoms with E-state index in [1.54, 1.807) is 6.20 Å². The van der Waals surface area contributed by atoms with Crippen LogP contribution in [0, 0.1) is 5.41 Å². The maximum atomic E-state index is 3.61. The quantitative estimate of drug-likeness (QED) is 0.424. The van der Waals surface area contributed by atoms with Gasteiger partial charge < -0.3 is 0 Å². The number of hydrogen-bond donors (Lipinski definition) is 0. The summed E-state index contributed by atoms with van der Waals surface area (Å²) in [7, 11) is 0. The monoisotopic (exact) mass is 151 g/mol. The molecule has 0 amide bonds. The van der Waals surface area contributed by atoms with Crippen LogP contribution in [0.5, 0.6) is 0 Å². The van der Waals surface area contributed by atoms with Gasteiger partial charge in [-0.05, 0) is 25.1 Å². The summed E-state index contributed by atoms with van der Waals surface area (Å²) in [6.07, 6.45) is 5.66. The maximum Gasteiger partial charge on any atom is 0.0260 e. The first kappa shape index (κ1) is 10.2. The molecular weight excluding hydrogens is 134 g/mol. The molecule has 0 heterocycles. The summed E-state index contributed by atoms with van der Waals surface area (Å²) < 4.78 is 0. The van der Waals surface area contributed by atoms with E-state index in [2.05, 4.69) is 45.5 Å². The molecular formula is C10H17N. The standard InChI is InChI=1S/C10H17N/c1-9(10(2,3)4)7-6-8-11-5/h6-8H,5H2,1-4H3/b8-6-,9-7+. The minimum atomic E-state index is 0.255. The molecule has 0 bridgehead atoms. The fourth-order valence-electron chi connectivity index (χ4n) is 0.498. The largest absolute Gasteiger partial charge is 0.273 e. The molecule has 0 aliphatic carbocycles. The second kappa shape index (κ2) is 4.12. The van der Waals surface area contributed by atoms with Crippen molar-refractivity contribution >= 4 is 6.72 Å². The Balaban J connectivity index is 4.23. The van der Waals surface area contributed by atoms with Crippen LogP contribution in [0.3, 0.4) is 0 Å². The van der Waals surface area contributed by atoms with Crippen molar-refractivity contribution in [2.75, 3.05) is 0 Å². The van der Waals surface area contributed by atoms with Gasteiger partial charge in [-0.1, -0.05) is 32.4 Å². The number of nitrogens with zero attached hydrogens (tertiary/aromatic N) is 1. The van der Waals surface area contributed by atoms with Crippen LogP contribution in [-0.4, -0.2) is 6.72 Å². The molecule has 0 unspecified atom stereocenters. The molecule has 11 heavy (non-hydrogen) atoms. The molecule has 0 aliphatic heterocycles.